The highest BCUT2D eigenvalue weighted by atomic mass is 16.6. The van der Waals surface area contributed by atoms with Gasteiger partial charge in [0.2, 0.25) is 0 Å². The number of esters is 1. The molecular formula is C20H22O5. The van der Waals surface area contributed by atoms with E-state index in [2.05, 4.69) is 6.58 Å². The molecule has 5 nitrogen and oxygen atoms in total. The molecule has 0 bridgehead atoms. The summed E-state index contributed by atoms with van der Waals surface area (Å²) in [5, 5.41) is 0. The van der Waals surface area contributed by atoms with Crippen LogP contribution in [0.2, 0.25) is 0 Å². The molecular weight excluding hydrogens is 320 g/mol. The molecule has 132 valence electrons. The molecule has 25 heavy (non-hydrogen) atoms. The number of benzene rings is 2. The second kappa shape index (κ2) is 8.78. The van der Waals surface area contributed by atoms with Crippen molar-refractivity contribution in [1.82, 2.24) is 0 Å². The lowest BCUT2D eigenvalue weighted by Crippen LogP contribution is -2.22. The maximum atomic E-state index is 11.4. The number of methoxy groups -OCH3 is 1. The van der Waals surface area contributed by atoms with Gasteiger partial charge in [0, 0.05) is 5.57 Å². The van der Waals surface area contributed by atoms with Crippen LogP contribution in [0.25, 0.3) is 0 Å². The predicted molar refractivity (Wildman–Crippen MR) is 95.4 cm³/mol. The molecule has 0 radical (unpaired) electrons. The monoisotopic (exact) mass is 342 g/mol. The average molecular weight is 342 g/mol. The van der Waals surface area contributed by atoms with Gasteiger partial charge in [-0.3, -0.25) is 0 Å². The molecule has 1 unspecified atom stereocenters. The van der Waals surface area contributed by atoms with Crippen molar-refractivity contribution in [2.75, 3.05) is 13.7 Å². The van der Waals surface area contributed by atoms with Crippen molar-refractivity contribution in [3.8, 4) is 23.0 Å². The van der Waals surface area contributed by atoms with Gasteiger partial charge < -0.3 is 18.9 Å². The van der Waals surface area contributed by atoms with Gasteiger partial charge in [-0.25, -0.2) is 4.79 Å². The fourth-order valence-electron chi connectivity index (χ4n) is 1.91. The zero-order chi connectivity index (χ0) is 18.2. The molecule has 0 N–H and O–H groups in total. The lowest BCUT2D eigenvalue weighted by molar-refractivity contribution is -0.144. The molecule has 0 saturated heterocycles. The van der Waals surface area contributed by atoms with Gasteiger partial charge in [-0.2, -0.15) is 0 Å². The average Bonchev–Trinajstić information content (AvgIpc) is 2.61. The van der Waals surface area contributed by atoms with Gasteiger partial charge in [-0.15, -0.1) is 0 Å². The summed E-state index contributed by atoms with van der Waals surface area (Å²) in [7, 11) is 1.62. The van der Waals surface area contributed by atoms with Crippen LogP contribution < -0.4 is 14.2 Å². The third-order valence-corrected chi connectivity index (χ3v) is 3.26. The van der Waals surface area contributed by atoms with E-state index in [1.54, 1.807) is 33.1 Å². The van der Waals surface area contributed by atoms with Crippen molar-refractivity contribution in [3.63, 3.8) is 0 Å². The summed E-state index contributed by atoms with van der Waals surface area (Å²) in [4.78, 5) is 11.4. The molecule has 2 rings (SSSR count). The summed E-state index contributed by atoms with van der Waals surface area (Å²) in [6.45, 7) is 7.18. The lowest BCUT2D eigenvalue weighted by Gasteiger charge is -2.14. The number of rotatable bonds is 8. The van der Waals surface area contributed by atoms with Crippen LogP contribution in [-0.4, -0.2) is 25.8 Å². The number of ether oxygens (including phenoxy) is 4. The molecule has 0 aliphatic heterocycles. The largest absolute Gasteiger partial charge is 0.497 e. The summed E-state index contributed by atoms with van der Waals surface area (Å²) in [5.74, 6) is 2.44. The van der Waals surface area contributed by atoms with Gasteiger partial charge in [0.25, 0.3) is 0 Å². The van der Waals surface area contributed by atoms with Crippen molar-refractivity contribution in [1.29, 1.82) is 0 Å². The van der Waals surface area contributed by atoms with Crippen LogP contribution in [0, 0.1) is 0 Å². The Morgan fingerprint density at radius 2 is 1.44 bits per heavy atom. The highest BCUT2D eigenvalue weighted by Crippen LogP contribution is 2.25. The first-order chi connectivity index (χ1) is 12.0. The Morgan fingerprint density at radius 1 is 0.960 bits per heavy atom. The molecule has 0 heterocycles. The second-order valence-corrected chi connectivity index (χ2v) is 5.56. The molecule has 2 aromatic carbocycles. The second-order valence-electron chi connectivity index (χ2n) is 5.56. The molecule has 0 aliphatic rings. The van der Waals surface area contributed by atoms with Crippen molar-refractivity contribution < 1.29 is 23.7 Å². The van der Waals surface area contributed by atoms with E-state index in [9.17, 15) is 4.79 Å². The van der Waals surface area contributed by atoms with Gasteiger partial charge in [0.1, 0.15) is 35.7 Å². The fourth-order valence-corrected chi connectivity index (χ4v) is 1.91. The first kappa shape index (κ1) is 18.4. The van der Waals surface area contributed by atoms with Crippen LogP contribution in [0.15, 0.2) is 60.7 Å². The zero-order valence-corrected chi connectivity index (χ0v) is 14.7. The lowest BCUT2D eigenvalue weighted by atomic mass is 10.3. The van der Waals surface area contributed by atoms with Gasteiger partial charge in [0.15, 0.2) is 0 Å². The van der Waals surface area contributed by atoms with Crippen LogP contribution in [0.1, 0.15) is 13.8 Å². The fraction of sp³-hybridized carbons (Fsp3) is 0.250. The number of carbonyl (C=O) groups excluding carboxylic acids is 1. The summed E-state index contributed by atoms with van der Waals surface area (Å²) in [6, 6.07) is 14.6. The highest BCUT2D eigenvalue weighted by Gasteiger charge is 2.10. The van der Waals surface area contributed by atoms with Gasteiger partial charge in [0.05, 0.1) is 7.11 Å². The van der Waals surface area contributed by atoms with E-state index in [4.69, 9.17) is 18.9 Å². The smallest absolute Gasteiger partial charge is 0.333 e. The Labute approximate surface area is 147 Å². The van der Waals surface area contributed by atoms with E-state index in [1.807, 2.05) is 36.4 Å². The third-order valence-electron chi connectivity index (χ3n) is 3.26. The molecule has 2 aromatic rings. The first-order valence-electron chi connectivity index (χ1n) is 7.89. The zero-order valence-electron chi connectivity index (χ0n) is 14.7. The minimum atomic E-state index is -0.417. The standard InChI is InChI=1S/C20H22O5/c1-14(2)20(21)24-15(3)13-23-17-7-11-19(12-8-17)25-18-9-5-16(22-4)6-10-18/h5-12,15H,1,13H2,2-4H3. The van der Waals surface area contributed by atoms with E-state index in [0.717, 1.165) is 11.5 Å². The van der Waals surface area contributed by atoms with Gasteiger partial charge >= 0.3 is 5.97 Å². The molecule has 0 spiro atoms. The van der Waals surface area contributed by atoms with Crippen molar-refractivity contribution in [2.45, 2.75) is 20.0 Å². The Bertz CT molecular complexity index is 704. The van der Waals surface area contributed by atoms with Gasteiger partial charge in [-0.1, -0.05) is 6.58 Å². The van der Waals surface area contributed by atoms with Crippen LogP contribution in [-0.2, 0) is 9.53 Å². The van der Waals surface area contributed by atoms with Crippen molar-refractivity contribution >= 4 is 5.97 Å². The molecule has 5 heteroatoms. The van der Waals surface area contributed by atoms with E-state index in [0.29, 0.717) is 17.1 Å². The van der Waals surface area contributed by atoms with E-state index in [-0.39, 0.29) is 12.7 Å². The van der Waals surface area contributed by atoms with E-state index < -0.39 is 5.97 Å². The maximum Gasteiger partial charge on any atom is 0.333 e. The van der Waals surface area contributed by atoms with E-state index >= 15 is 0 Å². The third kappa shape index (κ3) is 5.88. The van der Waals surface area contributed by atoms with Crippen LogP contribution in [0.3, 0.4) is 0 Å². The Kier molecular flexibility index (Phi) is 6.46. The van der Waals surface area contributed by atoms with E-state index in [1.165, 1.54) is 0 Å². The minimum Gasteiger partial charge on any atom is -0.497 e. The number of hydrogen-bond acceptors (Lipinski definition) is 5. The Balaban J connectivity index is 1.84. The Morgan fingerprint density at radius 3 is 1.92 bits per heavy atom. The van der Waals surface area contributed by atoms with Crippen LogP contribution in [0.5, 0.6) is 23.0 Å². The summed E-state index contributed by atoms with van der Waals surface area (Å²) in [6.07, 6.45) is -0.362. The molecule has 0 aromatic heterocycles. The highest BCUT2D eigenvalue weighted by molar-refractivity contribution is 5.87. The van der Waals surface area contributed by atoms with Crippen LogP contribution in [0.4, 0.5) is 0 Å². The molecule has 0 amide bonds. The molecule has 0 saturated carbocycles. The first-order valence-corrected chi connectivity index (χ1v) is 7.89. The minimum absolute atomic E-state index is 0.262. The van der Waals surface area contributed by atoms with Crippen molar-refractivity contribution in [3.05, 3.63) is 60.7 Å². The topological polar surface area (TPSA) is 54.0 Å². The Hall–Kier alpha value is -2.95. The SMILES string of the molecule is C=C(C)C(=O)OC(C)COc1ccc(Oc2ccc(OC)cc2)cc1. The van der Waals surface area contributed by atoms with Crippen molar-refractivity contribution in [2.24, 2.45) is 0 Å². The normalized spacial score (nSPS) is 11.3. The van der Waals surface area contributed by atoms with Gasteiger partial charge in [-0.05, 0) is 62.4 Å². The molecule has 0 fully saturated rings. The molecule has 1 atom stereocenters. The maximum absolute atomic E-state index is 11.4. The number of carbonyl (C=O) groups is 1. The summed E-state index contributed by atoms with van der Waals surface area (Å²) < 4.78 is 21.6. The van der Waals surface area contributed by atoms with Crippen LogP contribution >= 0.6 is 0 Å². The summed E-state index contributed by atoms with van der Waals surface area (Å²) >= 11 is 0. The quantitative estimate of drug-likeness (QED) is 0.526. The molecule has 0 aliphatic carbocycles. The number of hydrogen-bond donors (Lipinski definition) is 0. The summed E-state index contributed by atoms with van der Waals surface area (Å²) in [5.41, 5.74) is 0.367. The predicted octanol–water partition coefficient (Wildman–Crippen LogP) is 4.37.